The summed E-state index contributed by atoms with van der Waals surface area (Å²) in [4.78, 5) is 4.06. The molecule has 0 aliphatic carbocycles. The maximum absolute atomic E-state index is 8.75. The van der Waals surface area contributed by atoms with Crippen LogP contribution in [0.5, 0.6) is 0 Å². The van der Waals surface area contributed by atoms with Crippen LogP contribution in [0.2, 0.25) is 0 Å². The molecular weight excluding hydrogens is 176 g/mol. The Morgan fingerprint density at radius 2 is 2.36 bits per heavy atom. The summed E-state index contributed by atoms with van der Waals surface area (Å²) in [7, 11) is 1.59. The van der Waals surface area contributed by atoms with E-state index in [1.54, 1.807) is 26.3 Å². The van der Waals surface area contributed by atoms with Crippen LogP contribution < -0.4 is 0 Å². The zero-order chi connectivity index (χ0) is 10.4. The molecule has 0 atom stereocenters. The highest BCUT2D eigenvalue weighted by atomic mass is 16.5. The number of pyridine rings is 1. The standard InChI is InChI=1S/C11H10N2O/c1-9-11(7-12)6-10(8-13-9)4-3-5-14-2/h6,8H,5H2,1-2H3. The van der Waals surface area contributed by atoms with Crippen LogP contribution in [0.4, 0.5) is 0 Å². The van der Waals surface area contributed by atoms with Crippen molar-refractivity contribution in [1.29, 1.82) is 5.26 Å². The molecular formula is C11H10N2O. The Kier molecular flexibility index (Phi) is 3.67. The number of rotatable bonds is 1. The maximum atomic E-state index is 8.75. The molecule has 0 amide bonds. The van der Waals surface area contributed by atoms with E-state index < -0.39 is 0 Å². The maximum Gasteiger partial charge on any atom is 0.107 e. The number of nitriles is 1. The summed E-state index contributed by atoms with van der Waals surface area (Å²) in [5.41, 5.74) is 2.03. The lowest BCUT2D eigenvalue weighted by Crippen LogP contribution is -1.89. The van der Waals surface area contributed by atoms with Crippen molar-refractivity contribution in [3.05, 3.63) is 29.1 Å². The van der Waals surface area contributed by atoms with E-state index >= 15 is 0 Å². The highest BCUT2D eigenvalue weighted by molar-refractivity contribution is 5.41. The fourth-order valence-corrected chi connectivity index (χ4v) is 0.925. The second-order valence-electron chi connectivity index (χ2n) is 2.70. The van der Waals surface area contributed by atoms with E-state index in [9.17, 15) is 0 Å². The topological polar surface area (TPSA) is 45.9 Å². The second-order valence-corrected chi connectivity index (χ2v) is 2.70. The van der Waals surface area contributed by atoms with E-state index in [1.807, 2.05) is 0 Å². The van der Waals surface area contributed by atoms with Gasteiger partial charge >= 0.3 is 0 Å². The van der Waals surface area contributed by atoms with Crippen LogP contribution in [0, 0.1) is 30.1 Å². The zero-order valence-corrected chi connectivity index (χ0v) is 8.16. The van der Waals surface area contributed by atoms with Crippen LogP contribution in [0.1, 0.15) is 16.8 Å². The van der Waals surface area contributed by atoms with Crippen LogP contribution in [-0.2, 0) is 4.74 Å². The predicted octanol–water partition coefficient (Wildman–Crippen LogP) is 1.26. The second kappa shape index (κ2) is 5.01. The lowest BCUT2D eigenvalue weighted by molar-refractivity contribution is 0.240. The summed E-state index contributed by atoms with van der Waals surface area (Å²) in [5.74, 6) is 5.66. The van der Waals surface area contributed by atoms with Crippen molar-refractivity contribution in [2.75, 3.05) is 13.7 Å². The molecule has 1 aromatic heterocycles. The van der Waals surface area contributed by atoms with Crippen molar-refractivity contribution in [1.82, 2.24) is 4.98 Å². The predicted molar refractivity (Wildman–Crippen MR) is 52.4 cm³/mol. The molecule has 1 aromatic rings. The van der Waals surface area contributed by atoms with Gasteiger partial charge in [-0.1, -0.05) is 11.8 Å². The molecule has 0 bridgehead atoms. The van der Waals surface area contributed by atoms with Crippen LogP contribution in [0.15, 0.2) is 12.3 Å². The van der Waals surface area contributed by atoms with Crippen molar-refractivity contribution >= 4 is 0 Å². The smallest absolute Gasteiger partial charge is 0.107 e. The Hall–Kier alpha value is -1.84. The lowest BCUT2D eigenvalue weighted by Gasteiger charge is -1.95. The molecule has 0 aromatic carbocycles. The van der Waals surface area contributed by atoms with E-state index in [1.165, 1.54) is 0 Å². The Morgan fingerprint density at radius 1 is 1.57 bits per heavy atom. The third kappa shape index (κ3) is 2.58. The van der Waals surface area contributed by atoms with Crippen LogP contribution in [0.3, 0.4) is 0 Å². The molecule has 0 saturated heterocycles. The average Bonchev–Trinajstić information content (AvgIpc) is 2.21. The molecule has 0 N–H and O–H groups in total. The first-order valence-electron chi connectivity index (χ1n) is 4.12. The fraction of sp³-hybridized carbons (Fsp3) is 0.273. The summed E-state index contributed by atoms with van der Waals surface area (Å²) in [6.45, 7) is 2.18. The molecule has 3 nitrogen and oxygen atoms in total. The fourth-order valence-electron chi connectivity index (χ4n) is 0.925. The number of hydrogen-bond acceptors (Lipinski definition) is 3. The van der Waals surface area contributed by atoms with Gasteiger partial charge in [0.25, 0.3) is 0 Å². The molecule has 0 saturated carbocycles. The molecule has 70 valence electrons. The minimum atomic E-state index is 0.385. The molecule has 14 heavy (non-hydrogen) atoms. The van der Waals surface area contributed by atoms with Gasteiger partial charge in [-0.25, -0.2) is 0 Å². The van der Waals surface area contributed by atoms with Gasteiger partial charge in [-0.05, 0) is 13.0 Å². The number of aromatic nitrogens is 1. The van der Waals surface area contributed by atoms with Gasteiger partial charge < -0.3 is 4.74 Å². The van der Waals surface area contributed by atoms with Gasteiger partial charge in [-0.3, -0.25) is 4.98 Å². The first-order valence-corrected chi connectivity index (χ1v) is 4.12. The van der Waals surface area contributed by atoms with Crippen LogP contribution in [0.25, 0.3) is 0 Å². The van der Waals surface area contributed by atoms with Gasteiger partial charge in [-0.15, -0.1) is 0 Å². The van der Waals surface area contributed by atoms with Crippen molar-refractivity contribution in [3.8, 4) is 17.9 Å². The first-order chi connectivity index (χ1) is 6.77. The van der Waals surface area contributed by atoms with Crippen molar-refractivity contribution < 1.29 is 4.74 Å². The van der Waals surface area contributed by atoms with E-state index in [0.29, 0.717) is 12.2 Å². The van der Waals surface area contributed by atoms with E-state index in [4.69, 9.17) is 10.00 Å². The van der Waals surface area contributed by atoms with Gasteiger partial charge in [0.2, 0.25) is 0 Å². The van der Waals surface area contributed by atoms with Crippen molar-refractivity contribution in [3.63, 3.8) is 0 Å². The number of ether oxygens (including phenoxy) is 1. The summed E-state index contributed by atoms with van der Waals surface area (Å²) in [6.07, 6.45) is 1.65. The summed E-state index contributed by atoms with van der Waals surface area (Å²) in [6, 6.07) is 3.79. The van der Waals surface area contributed by atoms with E-state index in [-0.39, 0.29) is 0 Å². The van der Waals surface area contributed by atoms with Gasteiger partial charge in [0, 0.05) is 18.9 Å². The number of methoxy groups -OCH3 is 1. The molecule has 0 fully saturated rings. The molecule has 1 rings (SSSR count). The van der Waals surface area contributed by atoms with Gasteiger partial charge in [0.1, 0.15) is 12.7 Å². The molecule has 0 spiro atoms. The molecule has 0 aliphatic rings. The van der Waals surface area contributed by atoms with E-state index in [2.05, 4.69) is 22.9 Å². The number of aryl methyl sites for hydroxylation is 1. The normalized spacial score (nSPS) is 8.64. The van der Waals surface area contributed by atoms with Gasteiger partial charge in [-0.2, -0.15) is 5.26 Å². The van der Waals surface area contributed by atoms with E-state index in [0.717, 1.165) is 11.3 Å². The number of hydrogen-bond donors (Lipinski definition) is 0. The Balaban J connectivity index is 2.93. The summed E-state index contributed by atoms with van der Waals surface area (Å²) >= 11 is 0. The van der Waals surface area contributed by atoms with Gasteiger partial charge in [0.05, 0.1) is 11.3 Å². The van der Waals surface area contributed by atoms with Crippen molar-refractivity contribution in [2.45, 2.75) is 6.92 Å². The average molecular weight is 186 g/mol. The first kappa shape index (κ1) is 10.2. The highest BCUT2D eigenvalue weighted by Crippen LogP contribution is 2.05. The lowest BCUT2D eigenvalue weighted by atomic mass is 10.1. The molecule has 0 unspecified atom stereocenters. The zero-order valence-electron chi connectivity index (χ0n) is 8.16. The Morgan fingerprint density at radius 3 is 3.00 bits per heavy atom. The number of nitrogens with zero attached hydrogens (tertiary/aromatic N) is 2. The summed E-state index contributed by atoms with van der Waals surface area (Å²) in [5, 5.41) is 8.75. The Labute approximate surface area is 83.3 Å². The molecule has 1 heterocycles. The largest absolute Gasteiger partial charge is 0.372 e. The molecule has 0 aliphatic heterocycles. The van der Waals surface area contributed by atoms with Crippen LogP contribution >= 0.6 is 0 Å². The monoisotopic (exact) mass is 186 g/mol. The Bertz CT molecular complexity index is 421. The quantitative estimate of drug-likeness (QED) is 0.620. The SMILES string of the molecule is COCC#Cc1cnc(C)c(C#N)c1. The van der Waals surface area contributed by atoms with Crippen molar-refractivity contribution in [2.24, 2.45) is 0 Å². The third-order valence-corrected chi connectivity index (χ3v) is 1.66. The summed E-state index contributed by atoms with van der Waals surface area (Å²) < 4.78 is 4.78. The third-order valence-electron chi connectivity index (χ3n) is 1.66. The molecule has 3 heteroatoms. The molecule has 0 radical (unpaired) electrons. The minimum absolute atomic E-state index is 0.385. The highest BCUT2D eigenvalue weighted by Gasteiger charge is 1.97. The van der Waals surface area contributed by atoms with Crippen LogP contribution in [-0.4, -0.2) is 18.7 Å². The minimum Gasteiger partial charge on any atom is -0.372 e. The van der Waals surface area contributed by atoms with Gasteiger partial charge in [0.15, 0.2) is 0 Å².